The number of ether oxygens (including phenoxy) is 5. The smallest absolute Gasteiger partial charge is 0.338 e. The van der Waals surface area contributed by atoms with E-state index in [-0.39, 0.29) is 30.5 Å². The Bertz CT molecular complexity index is 978. The van der Waals surface area contributed by atoms with E-state index in [9.17, 15) is 15.0 Å². The van der Waals surface area contributed by atoms with Crippen LogP contribution in [0.25, 0.3) is 0 Å². The molecule has 1 unspecified atom stereocenters. The summed E-state index contributed by atoms with van der Waals surface area (Å²) < 4.78 is 26.6. The largest absolute Gasteiger partial charge is 0.508 e. The van der Waals surface area contributed by atoms with E-state index in [4.69, 9.17) is 23.7 Å². The summed E-state index contributed by atoms with van der Waals surface area (Å²) in [5.74, 6) is -0.269. The predicted octanol–water partition coefficient (Wildman–Crippen LogP) is 2.64. The number of hydrogen-bond acceptors (Lipinski definition) is 8. The van der Waals surface area contributed by atoms with Crippen molar-refractivity contribution in [2.24, 2.45) is 0 Å². The number of aliphatic hydroxyl groups excluding tert-OH is 1. The molecule has 4 rings (SSSR count). The highest BCUT2D eigenvalue weighted by atomic mass is 16.7. The predicted molar refractivity (Wildman–Crippen MR) is 96.2 cm³/mol. The van der Waals surface area contributed by atoms with Gasteiger partial charge in [0.05, 0.1) is 25.7 Å². The highest BCUT2D eigenvalue weighted by Gasteiger charge is 2.38. The molecule has 2 heterocycles. The first kappa shape index (κ1) is 17.8. The molecular weight excluding hydrogens is 368 g/mol. The maximum atomic E-state index is 12.4. The lowest BCUT2D eigenvalue weighted by Gasteiger charge is -2.22. The van der Waals surface area contributed by atoms with Crippen LogP contribution in [-0.2, 0) is 9.53 Å². The van der Waals surface area contributed by atoms with Gasteiger partial charge in [-0.05, 0) is 12.1 Å². The van der Waals surface area contributed by atoms with Crippen LogP contribution < -0.4 is 18.9 Å². The number of cyclic esters (lactones) is 1. The Morgan fingerprint density at radius 2 is 1.75 bits per heavy atom. The second-order valence-corrected chi connectivity index (χ2v) is 6.22. The number of fused-ring (bicyclic) bond motifs is 1. The van der Waals surface area contributed by atoms with Crippen molar-refractivity contribution < 1.29 is 38.7 Å². The van der Waals surface area contributed by atoms with Gasteiger partial charge in [0.25, 0.3) is 0 Å². The summed E-state index contributed by atoms with van der Waals surface area (Å²) in [6, 6.07) is 8.15. The van der Waals surface area contributed by atoms with Crippen LogP contribution in [0.15, 0.2) is 41.7 Å². The molecule has 2 N–H and O–H groups in total. The molecule has 0 saturated heterocycles. The van der Waals surface area contributed by atoms with Crippen molar-refractivity contribution in [3.8, 4) is 28.7 Å². The van der Waals surface area contributed by atoms with Gasteiger partial charge in [-0.25, -0.2) is 4.79 Å². The summed E-state index contributed by atoms with van der Waals surface area (Å²) in [7, 11) is 2.97. The van der Waals surface area contributed by atoms with Crippen molar-refractivity contribution in [2.75, 3.05) is 27.6 Å². The van der Waals surface area contributed by atoms with Gasteiger partial charge in [0.2, 0.25) is 6.79 Å². The second-order valence-electron chi connectivity index (χ2n) is 6.22. The summed E-state index contributed by atoms with van der Waals surface area (Å²) in [6.45, 7) is -0.205. The van der Waals surface area contributed by atoms with Gasteiger partial charge in [-0.1, -0.05) is 12.1 Å². The number of aliphatic hydroxyl groups is 1. The standard InChI is InChI=1S/C20H18O8/c1-24-14-5-3-4-10(19(14)25-2)17(18-13(22)8-26-20(18)23)11-6-15-16(7-12(11)21)28-9-27-15/h3-7,17,21-22H,8-9H2,1-2H3. The molecule has 2 aliphatic rings. The molecular formula is C20H18O8. The topological polar surface area (TPSA) is 104 Å². The molecule has 0 amide bonds. The molecule has 0 bridgehead atoms. The quantitative estimate of drug-likeness (QED) is 0.756. The monoisotopic (exact) mass is 386 g/mol. The van der Waals surface area contributed by atoms with Crippen molar-refractivity contribution in [1.82, 2.24) is 0 Å². The van der Waals surface area contributed by atoms with Crippen LogP contribution in [0.4, 0.5) is 0 Å². The number of aromatic hydroxyl groups is 1. The molecule has 0 radical (unpaired) electrons. The summed E-state index contributed by atoms with van der Waals surface area (Å²) in [5, 5.41) is 21.0. The van der Waals surface area contributed by atoms with Gasteiger partial charge in [-0.2, -0.15) is 0 Å². The summed E-state index contributed by atoms with van der Waals surface area (Å²) in [6.07, 6.45) is 0. The Labute approximate surface area is 160 Å². The lowest BCUT2D eigenvalue weighted by Crippen LogP contribution is -2.14. The zero-order valence-corrected chi connectivity index (χ0v) is 15.2. The van der Waals surface area contributed by atoms with Crippen LogP contribution in [0.1, 0.15) is 17.0 Å². The fourth-order valence-electron chi connectivity index (χ4n) is 3.49. The number of benzene rings is 2. The number of phenols is 1. The molecule has 2 aliphatic heterocycles. The van der Waals surface area contributed by atoms with Gasteiger partial charge in [0, 0.05) is 17.2 Å². The molecule has 0 spiro atoms. The van der Waals surface area contributed by atoms with Crippen LogP contribution >= 0.6 is 0 Å². The van der Waals surface area contributed by atoms with Gasteiger partial charge in [0.1, 0.15) is 18.1 Å². The molecule has 146 valence electrons. The Kier molecular flexibility index (Phi) is 4.38. The van der Waals surface area contributed by atoms with E-state index in [2.05, 4.69) is 0 Å². The minimum atomic E-state index is -0.880. The highest BCUT2D eigenvalue weighted by molar-refractivity contribution is 5.94. The van der Waals surface area contributed by atoms with E-state index in [1.165, 1.54) is 20.3 Å². The fourth-order valence-corrected chi connectivity index (χ4v) is 3.49. The van der Waals surface area contributed by atoms with Crippen LogP contribution in [-0.4, -0.2) is 43.8 Å². The molecule has 8 heteroatoms. The van der Waals surface area contributed by atoms with E-state index < -0.39 is 11.9 Å². The van der Waals surface area contributed by atoms with Crippen molar-refractivity contribution >= 4 is 5.97 Å². The van der Waals surface area contributed by atoms with E-state index in [0.717, 1.165) is 0 Å². The molecule has 2 aromatic rings. The number of hydrogen-bond donors (Lipinski definition) is 2. The number of carbonyl (C=O) groups excluding carboxylic acids is 1. The minimum absolute atomic E-state index is 0.0146. The molecule has 28 heavy (non-hydrogen) atoms. The van der Waals surface area contributed by atoms with Gasteiger partial charge in [-0.3, -0.25) is 0 Å². The van der Waals surface area contributed by atoms with Crippen molar-refractivity contribution in [3.63, 3.8) is 0 Å². The maximum Gasteiger partial charge on any atom is 0.338 e. The maximum absolute atomic E-state index is 12.4. The summed E-state index contributed by atoms with van der Waals surface area (Å²) in [4.78, 5) is 12.4. The lowest BCUT2D eigenvalue weighted by molar-refractivity contribution is -0.136. The van der Waals surface area contributed by atoms with Crippen LogP contribution in [0.3, 0.4) is 0 Å². The Hall–Kier alpha value is -3.55. The van der Waals surface area contributed by atoms with E-state index in [0.29, 0.717) is 34.1 Å². The fraction of sp³-hybridized carbons (Fsp3) is 0.250. The van der Waals surface area contributed by atoms with Crippen molar-refractivity contribution in [1.29, 1.82) is 0 Å². The molecule has 2 aromatic carbocycles. The normalized spacial score (nSPS) is 16.1. The third-order valence-corrected chi connectivity index (χ3v) is 4.74. The number of rotatable bonds is 5. The molecule has 0 fully saturated rings. The minimum Gasteiger partial charge on any atom is -0.508 e. The Balaban J connectivity index is 1.98. The first-order valence-electron chi connectivity index (χ1n) is 8.47. The van der Waals surface area contributed by atoms with Gasteiger partial charge in [0.15, 0.2) is 23.0 Å². The summed E-state index contributed by atoms with van der Waals surface area (Å²) >= 11 is 0. The molecule has 1 atom stereocenters. The highest BCUT2D eigenvalue weighted by Crippen LogP contribution is 2.49. The Morgan fingerprint density at radius 1 is 1.00 bits per heavy atom. The van der Waals surface area contributed by atoms with Crippen molar-refractivity contribution in [3.05, 3.63) is 52.8 Å². The first-order valence-corrected chi connectivity index (χ1v) is 8.47. The van der Waals surface area contributed by atoms with Crippen LogP contribution in [0, 0.1) is 0 Å². The number of methoxy groups -OCH3 is 2. The van der Waals surface area contributed by atoms with Gasteiger partial charge >= 0.3 is 5.97 Å². The van der Waals surface area contributed by atoms with Gasteiger partial charge < -0.3 is 33.9 Å². The van der Waals surface area contributed by atoms with Gasteiger partial charge in [-0.15, -0.1) is 0 Å². The second kappa shape index (κ2) is 6.88. The average molecular weight is 386 g/mol. The Morgan fingerprint density at radius 3 is 2.39 bits per heavy atom. The summed E-state index contributed by atoms with van der Waals surface area (Å²) in [5.41, 5.74) is 0.855. The number of carbonyl (C=O) groups is 1. The van der Waals surface area contributed by atoms with Crippen molar-refractivity contribution in [2.45, 2.75) is 5.92 Å². The van der Waals surface area contributed by atoms with E-state index in [1.54, 1.807) is 24.3 Å². The SMILES string of the molecule is COc1cccc(C(C2=C(O)COC2=O)c2cc3c(cc2O)OCO3)c1OC. The molecule has 0 aliphatic carbocycles. The zero-order valence-electron chi connectivity index (χ0n) is 15.2. The number of esters is 1. The third kappa shape index (κ3) is 2.74. The third-order valence-electron chi connectivity index (χ3n) is 4.74. The van der Waals surface area contributed by atoms with Crippen LogP contribution in [0.5, 0.6) is 28.7 Å². The first-order chi connectivity index (χ1) is 13.5. The average Bonchev–Trinajstić information content (AvgIpc) is 3.28. The lowest BCUT2D eigenvalue weighted by atomic mass is 9.83. The van der Waals surface area contributed by atoms with Crippen LogP contribution in [0.2, 0.25) is 0 Å². The van der Waals surface area contributed by atoms with E-state index in [1.807, 2.05) is 0 Å². The zero-order chi connectivity index (χ0) is 19.8. The molecule has 0 saturated carbocycles. The number of para-hydroxylation sites is 1. The number of phenolic OH excluding ortho intramolecular Hbond substituents is 1. The van der Waals surface area contributed by atoms with E-state index >= 15 is 0 Å². The molecule has 8 nitrogen and oxygen atoms in total. The molecule has 0 aromatic heterocycles.